The Morgan fingerprint density at radius 1 is 1.30 bits per heavy atom. The molecule has 1 aliphatic rings. The van der Waals surface area contributed by atoms with Crippen LogP contribution in [0.1, 0.15) is 41.7 Å². The number of nitrogens with one attached hydrogen (secondary N) is 1. The van der Waals surface area contributed by atoms with Crippen LogP contribution >= 0.6 is 0 Å². The largest absolute Gasteiger partial charge is 0.381 e. The minimum atomic E-state index is -0.0636. The molecule has 1 unspecified atom stereocenters. The summed E-state index contributed by atoms with van der Waals surface area (Å²) in [5, 5.41) is 3.14. The van der Waals surface area contributed by atoms with Crippen molar-refractivity contribution in [3.8, 4) is 0 Å². The fourth-order valence-electron chi connectivity index (χ4n) is 3.70. The first-order valence-electron chi connectivity index (χ1n) is 9.63. The van der Waals surface area contributed by atoms with Crippen molar-refractivity contribution in [1.82, 2.24) is 14.9 Å². The fraction of sp³-hybridized carbons (Fsp3) is 0.364. The van der Waals surface area contributed by atoms with Crippen molar-refractivity contribution in [3.05, 3.63) is 66.0 Å². The Hall–Kier alpha value is -2.66. The first-order chi connectivity index (χ1) is 13.2. The molecule has 0 bridgehead atoms. The van der Waals surface area contributed by atoms with Gasteiger partial charge in [-0.1, -0.05) is 37.3 Å². The molecule has 0 aliphatic carbocycles. The summed E-state index contributed by atoms with van der Waals surface area (Å²) in [7, 11) is 0. The molecule has 3 aromatic rings. The van der Waals surface area contributed by atoms with E-state index < -0.39 is 0 Å². The second-order valence-corrected chi connectivity index (χ2v) is 7.18. The molecule has 2 atom stereocenters. The van der Waals surface area contributed by atoms with E-state index in [0.29, 0.717) is 11.5 Å². The zero-order valence-corrected chi connectivity index (χ0v) is 15.6. The maximum Gasteiger partial charge on any atom is 0.251 e. The SMILES string of the molecule is CC[C@@H](NC(=O)c1ccc2c(c1)ncn2CC1CCOC1)c1ccccc1. The highest BCUT2D eigenvalue weighted by molar-refractivity contribution is 5.97. The second-order valence-electron chi connectivity index (χ2n) is 7.18. The molecule has 1 saturated heterocycles. The summed E-state index contributed by atoms with van der Waals surface area (Å²) < 4.78 is 7.63. The Bertz CT molecular complexity index is 914. The Balaban J connectivity index is 1.50. The van der Waals surface area contributed by atoms with Crippen molar-refractivity contribution in [3.63, 3.8) is 0 Å². The van der Waals surface area contributed by atoms with Gasteiger partial charge in [-0.25, -0.2) is 4.98 Å². The molecule has 5 heteroatoms. The van der Waals surface area contributed by atoms with Crippen molar-refractivity contribution in [2.24, 2.45) is 5.92 Å². The van der Waals surface area contributed by atoms with Gasteiger partial charge in [0.2, 0.25) is 0 Å². The fourth-order valence-corrected chi connectivity index (χ4v) is 3.70. The number of hydrogen-bond donors (Lipinski definition) is 1. The number of imidazole rings is 1. The smallest absolute Gasteiger partial charge is 0.251 e. The summed E-state index contributed by atoms with van der Waals surface area (Å²) in [5.41, 5.74) is 3.69. The summed E-state index contributed by atoms with van der Waals surface area (Å²) in [6.07, 6.45) is 3.80. The molecule has 5 nitrogen and oxygen atoms in total. The zero-order chi connectivity index (χ0) is 18.6. The average molecular weight is 363 g/mol. The number of carbonyl (C=O) groups is 1. The minimum Gasteiger partial charge on any atom is -0.381 e. The molecule has 4 rings (SSSR count). The number of hydrogen-bond acceptors (Lipinski definition) is 3. The molecule has 1 aliphatic heterocycles. The number of fused-ring (bicyclic) bond motifs is 1. The summed E-state index contributed by atoms with van der Waals surface area (Å²) in [6, 6.07) is 15.8. The maximum atomic E-state index is 12.8. The number of amides is 1. The molecular formula is C22H25N3O2. The van der Waals surface area contributed by atoms with Crippen molar-refractivity contribution in [1.29, 1.82) is 0 Å². The van der Waals surface area contributed by atoms with Gasteiger partial charge in [-0.15, -0.1) is 0 Å². The highest BCUT2D eigenvalue weighted by Crippen LogP contribution is 2.21. The lowest BCUT2D eigenvalue weighted by atomic mass is 10.0. The number of ether oxygens (including phenoxy) is 1. The van der Waals surface area contributed by atoms with Crippen LogP contribution in [0.15, 0.2) is 54.9 Å². The zero-order valence-electron chi connectivity index (χ0n) is 15.6. The monoisotopic (exact) mass is 363 g/mol. The number of nitrogens with zero attached hydrogens (tertiary/aromatic N) is 2. The normalized spacial score (nSPS) is 17.9. The Morgan fingerprint density at radius 3 is 2.89 bits per heavy atom. The first kappa shape index (κ1) is 17.7. The van der Waals surface area contributed by atoms with Gasteiger partial charge in [0.1, 0.15) is 0 Å². The van der Waals surface area contributed by atoms with Crippen molar-refractivity contribution in [2.45, 2.75) is 32.4 Å². The van der Waals surface area contributed by atoms with E-state index in [1.54, 1.807) is 0 Å². The van der Waals surface area contributed by atoms with E-state index in [-0.39, 0.29) is 11.9 Å². The van der Waals surface area contributed by atoms with Crippen molar-refractivity contribution < 1.29 is 9.53 Å². The molecule has 0 saturated carbocycles. The summed E-state index contributed by atoms with van der Waals surface area (Å²) in [5.74, 6) is 0.480. The summed E-state index contributed by atoms with van der Waals surface area (Å²) in [4.78, 5) is 17.3. The van der Waals surface area contributed by atoms with E-state index in [4.69, 9.17) is 4.74 Å². The molecule has 1 fully saturated rings. The number of carbonyl (C=O) groups excluding carboxylic acids is 1. The van der Waals surface area contributed by atoms with E-state index in [0.717, 1.165) is 49.2 Å². The quantitative estimate of drug-likeness (QED) is 0.721. The van der Waals surface area contributed by atoms with Gasteiger partial charge in [-0.05, 0) is 36.6 Å². The molecule has 0 radical (unpaired) electrons. The van der Waals surface area contributed by atoms with Gasteiger partial charge in [0, 0.05) is 24.6 Å². The molecule has 2 aromatic carbocycles. The topological polar surface area (TPSA) is 56.2 Å². The standard InChI is InChI=1S/C22H25N3O2/c1-2-19(17-6-4-3-5-7-17)24-22(26)18-8-9-21-20(12-18)23-15-25(21)13-16-10-11-27-14-16/h3-9,12,15-16,19H,2,10-11,13-14H2,1H3,(H,24,26)/t16?,19-/m1/s1. The van der Waals surface area contributed by atoms with E-state index in [1.165, 1.54) is 0 Å². The van der Waals surface area contributed by atoms with Crippen LogP contribution in [0.3, 0.4) is 0 Å². The molecule has 0 spiro atoms. The van der Waals surface area contributed by atoms with Gasteiger partial charge in [0.15, 0.2) is 0 Å². The molecular weight excluding hydrogens is 338 g/mol. The number of rotatable bonds is 6. The average Bonchev–Trinajstić information content (AvgIpc) is 3.37. The predicted octanol–water partition coefficient (Wildman–Crippen LogP) is 3.95. The van der Waals surface area contributed by atoms with Gasteiger partial charge < -0.3 is 14.6 Å². The molecule has 27 heavy (non-hydrogen) atoms. The maximum absolute atomic E-state index is 12.8. The third kappa shape index (κ3) is 3.88. The van der Waals surface area contributed by atoms with Gasteiger partial charge in [-0.2, -0.15) is 0 Å². The van der Waals surface area contributed by atoms with Gasteiger partial charge in [0.05, 0.1) is 30.0 Å². The van der Waals surface area contributed by atoms with Crippen LogP contribution in [-0.4, -0.2) is 28.7 Å². The Morgan fingerprint density at radius 2 is 2.15 bits per heavy atom. The Labute approximate surface area is 159 Å². The molecule has 1 N–H and O–H groups in total. The van der Waals surface area contributed by atoms with Crippen LogP contribution < -0.4 is 5.32 Å². The predicted molar refractivity (Wildman–Crippen MR) is 106 cm³/mol. The third-order valence-corrected chi connectivity index (χ3v) is 5.28. The third-order valence-electron chi connectivity index (χ3n) is 5.28. The van der Waals surface area contributed by atoms with Crippen LogP contribution in [0.25, 0.3) is 11.0 Å². The highest BCUT2D eigenvalue weighted by atomic mass is 16.5. The van der Waals surface area contributed by atoms with Crippen molar-refractivity contribution in [2.75, 3.05) is 13.2 Å². The lowest BCUT2D eigenvalue weighted by molar-refractivity contribution is 0.0935. The first-order valence-corrected chi connectivity index (χ1v) is 9.63. The van der Waals surface area contributed by atoms with E-state index >= 15 is 0 Å². The lowest BCUT2D eigenvalue weighted by Gasteiger charge is -2.17. The minimum absolute atomic E-state index is 0.00863. The van der Waals surface area contributed by atoms with Gasteiger partial charge in [0.25, 0.3) is 5.91 Å². The van der Waals surface area contributed by atoms with Crippen LogP contribution in [0.2, 0.25) is 0 Å². The summed E-state index contributed by atoms with van der Waals surface area (Å²) in [6.45, 7) is 4.66. The summed E-state index contributed by atoms with van der Waals surface area (Å²) >= 11 is 0. The lowest BCUT2D eigenvalue weighted by Crippen LogP contribution is -2.28. The molecule has 1 amide bonds. The van der Waals surface area contributed by atoms with E-state index in [9.17, 15) is 4.79 Å². The van der Waals surface area contributed by atoms with Crippen LogP contribution in [-0.2, 0) is 11.3 Å². The van der Waals surface area contributed by atoms with Gasteiger partial charge in [-0.3, -0.25) is 4.79 Å². The van der Waals surface area contributed by atoms with Crippen LogP contribution in [0, 0.1) is 5.92 Å². The van der Waals surface area contributed by atoms with Gasteiger partial charge >= 0.3 is 0 Å². The van der Waals surface area contributed by atoms with E-state index in [1.807, 2.05) is 54.9 Å². The van der Waals surface area contributed by atoms with Crippen molar-refractivity contribution >= 4 is 16.9 Å². The number of aromatic nitrogens is 2. The number of benzene rings is 2. The molecule has 2 heterocycles. The molecule has 1 aromatic heterocycles. The van der Waals surface area contributed by atoms with Crippen LogP contribution in [0.5, 0.6) is 0 Å². The second kappa shape index (κ2) is 7.92. The van der Waals surface area contributed by atoms with E-state index in [2.05, 4.69) is 21.8 Å². The highest BCUT2D eigenvalue weighted by Gasteiger charge is 2.18. The molecule has 140 valence electrons. The van der Waals surface area contributed by atoms with Crippen LogP contribution in [0.4, 0.5) is 0 Å². The Kier molecular flexibility index (Phi) is 5.21.